The second-order valence-corrected chi connectivity index (χ2v) is 4.21. The van der Waals surface area contributed by atoms with Crippen molar-refractivity contribution in [3.8, 4) is 0 Å². The molecule has 0 aliphatic heterocycles. The minimum absolute atomic E-state index is 0.133. The number of nitrogens with one attached hydrogen (secondary N) is 1. The van der Waals surface area contributed by atoms with Crippen molar-refractivity contribution in [1.82, 2.24) is 5.32 Å². The van der Waals surface area contributed by atoms with Crippen molar-refractivity contribution in [2.45, 2.75) is 44.8 Å². The van der Waals surface area contributed by atoms with Crippen molar-refractivity contribution in [2.24, 2.45) is 5.73 Å². The predicted octanol–water partition coefficient (Wildman–Crippen LogP) is 2.05. The Morgan fingerprint density at radius 1 is 1.07 bits per heavy atom. The third kappa shape index (κ3) is 11.7. The van der Waals surface area contributed by atoms with Crippen LogP contribution in [0.1, 0.15) is 33.1 Å². The molecule has 0 aromatic rings. The van der Waals surface area contributed by atoms with Crippen LogP contribution < -0.4 is 11.1 Å². The minimum atomic E-state index is -4.03. The van der Waals surface area contributed by atoms with E-state index in [9.17, 15) is 13.2 Å². The van der Waals surface area contributed by atoms with Gasteiger partial charge in [0.05, 0.1) is 0 Å². The average molecular weight is 212 g/mol. The molecule has 0 aromatic heterocycles. The Hall–Kier alpha value is -0.290. The predicted molar refractivity (Wildman–Crippen MR) is 51.0 cm³/mol. The van der Waals surface area contributed by atoms with Gasteiger partial charge in [-0.2, -0.15) is 13.2 Å². The molecule has 0 rings (SSSR count). The van der Waals surface area contributed by atoms with Crippen LogP contribution in [0.5, 0.6) is 0 Å². The summed E-state index contributed by atoms with van der Waals surface area (Å²) in [4.78, 5) is 0. The van der Waals surface area contributed by atoms with Gasteiger partial charge in [0.25, 0.3) is 0 Å². The maximum absolute atomic E-state index is 11.7. The van der Waals surface area contributed by atoms with Crippen molar-refractivity contribution in [1.29, 1.82) is 0 Å². The Bertz CT molecular complexity index is 131. The molecule has 0 radical (unpaired) electrons. The van der Waals surface area contributed by atoms with E-state index in [1.54, 1.807) is 0 Å². The monoisotopic (exact) mass is 212 g/mol. The molecule has 0 saturated heterocycles. The molecule has 0 bridgehead atoms. The second kappa shape index (κ2) is 5.56. The zero-order valence-corrected chi connectivity index (χ0v) is 8.75. The van der Waals surface area contributed by atoms with E-state index in [1.165, 1.54) is 0 Å². The van der Waals surface area contributed by atoms with E-state index < -0.39 is 12.6 Å². The Balaban J connectivity index is 3.23. The summed E-state index contributed by atoms with van der Waals surface area (Å²) in [6.45, 7) is 4.85. The van der Waals surface area contributed by atoms with E-state index in [-0.39, 0.29) is 12.0 Å². The van der Waals surface area contributed by atoms with Gasteiger partial charge < -0.3 is 11.1 Å². The fourth-order valence-electron chi connectivity index (χ4n) is 0.949. The van der Waals surface area contributed by atoms with Crippen LogP contribution in [0.3, 0.4) is 0 Å². The van der Waals surface area contributed by atoms with Crippen LogP contribution in [-0.4, -0.2) is 24.8 Å². The quantitative estimate of drug-likeness (QED) is 0.661. The lowest BCUT2D eigenvalue weighted by Gasteiger charge is -2.18. The minimum Gasteiger partial charge on any atom is -0.326 e. The van der Waals surface area contributed by atoms with E-state index in [0.717, 1.165) is 6.42 Å². The Morgan fingerprint density at radius 3 is 2.07 bits per heavy atom. The average Bonchev–Trinajstić information content (AvgIpc) is 1.92. The highest BCUT2D eigenvalue weighted by atomic mass is 19.4. The summed E-state index contributed by atoms with van der Waals surface area (Å²) >= 11 is 0. The van der Waals surface area contributed by atoms with Crippen LogP contribution in [0.4, 0.5) is 13.2 Å². The molecular formula is C9H19F3N2. The molecule has 0 aliphatic carbocycles. The van der Waals surface area contributed by atoms with Crippen LogP contribution in [0, 0.1) is 0 Å². The first-order valence-corrected chi connectivity index (χ1v) is 4.77. The standard InChI is InChI=1S/C9H19F3N2/c1-8(2,13)5-7-14-6-3-4-9(10,11)12/h14H,3-7,13H2,1-2H3. The van der Waals surface area contributed by atoms with Gasteiger partial charge in [0.2, 0.25) is 0 Å². The summed E-state index contributed by atoms with van der Waals surface area (Å²) in [5.74, 6) is 0. The lowest BCUT2D eigenvalue weighted by Crippen LogP contribution is -2.36. The van der Waals surface area contributed by atoms with Gasteiger partial charge in [-0.25, -0.2) is 0 Å². The number of alkyl halides is 3. The molecular weight excluding hydrogens is 193 g/mol. The maximum atomic E-state index is 11.7. The van der Waals surface area contributed by atoms with Gasteiger partial charge in [0.1, 0.15) is 0 Å². The van der Waals surface area contributed by atoms with Crippen LogP contribution in [0.25, 0.3) is 0 Å². The van der Waals surface area contributed by atoms with Gasteiger partial charge in [-0.05, 0) is 39.8 Å². The molecule has 5 heteroatoms. The third-order valence-corrected chi connectivity index (χ3v) is 1.76. The van der Waals surface area contributed by atoms with E-state index in [0.29, 0.717) is 13.1 Å². The molecule has 0 unspecified atom stereocenters. The molecule has 2 nitrogen and oxygen atoms in total. The van der Waals surface area contributed by atoms with Crippen molar-refractivity contribution in [3.05, 3.63) is 0 Å². The summed E-state index contributed by atoms with van der Waals surface area (Å²) in [6, 6.07) is 0. The van der Waals surface area contributed by atoms with Crippen LogP contribution in [0.15, 0.2) is 0 Å². The SMILES string of the molecule is CC(C)(N)CCNCCCC(F)(F)F. The summed E-state index contributed by atoms with van der Waals surface area (Å²) in [7, 11) is 0. The first-order chi connectivity index (χ1) is 6.21. The van der Waals surface area contributed by atoms with E-state index in [4.69, 9.17) is 5.73 Å². The second-order valence-electron chi connectivity index (χ2n) is 4.21. The molecule has 86 valence electrons. The van der Waals surface area contributed by atoms with E-state index >= 15 is 0 Å². The molecule has 14 heavy (non-hydrogen) atoms. The molecule has 0 aliphatic rings. The number of nitrogens with two attached hydrogens (primary N) is 1. The van der Waals surface area contributed by atoms with E-state index in [1.807, 2.05) is 13.8 Å². The fourth-order valence-corrected chi connectivity index (χ4v) is 0.949. The summed E-state index contributed by atoms with van der Waals surface area (Å²) < 4.78 is 35.1. The Labute approximate surface area is 83.0 Å². The summed E-state index contributed by atoms with van der Waals surface area (Å²) in [5, 5.41) is 2.93. The van der Waals surface area contributed by atoms with Crippen molar-refractivity contribution in [3.63, 3.8) is 0 Å². The summed E-state index contributed by atoms with van der Waals surface area (Å²) in [6.07, 6.45) is -3.85. The lowest BCUT2D eigenvalue weighted by molar-refractivity contribution is -0.135. The fraction of sp³-hybridized carbons (Fsp3) is 1.00. The van der Waals surface area contributed by atoms with Gasteiger partial charge in [0.15, 0.2) is 0 Å². The maximum Gasteiger partial charge on any atom is 0.389 e. The highest BCUT2D eigenvalue weighted by Crippen LogP contribution is 2.20. The zero-order valence-electron chi connectivity index (χ0n) is 8.75. The van der Waals surface area contributed by atoms with Gasteiger partial charge in [-0.3, -0.25) is 0 Å². The topological polar surface area (TPSA) is 38.0 Å². The molecule has 0 spiro atoms. The molecule has 0 fully saturated rings. The normalized spacial score (nSPS) is 13.3. The largest absolute Gasteiger partial charge is 0.389 e. The third-order valence-electron chi connectivity index (χ3n) is 1.76. The number of hydrogen-bond acceptors (Lipinski definition) is 2. The van der Waals surface area contributed by atoms with Gasteiger partial charge in [-0.1, -0.05) is 0 Å². The highest BCUT2D eigenvalue weighted by molar-refractivity contribution is 4.72. The molecule has 0 heterocycles. The number of halogens is 3. The van der Waals surface area contributed by atoms with E-state index in [2.05, 4.69) is 5.32 Å². The molecule has 3 N–H and O–H groups in total. The number of hydrogen-bond donors (Lipinski definition) is 2. The Morgan fingerprint density at radius 2 is 1.64 bits per heavy atom. The molecule has 0 atom stereocenters. The first kappa shape index (κ1) is 13.7. The zero-order chi connectivity index (χ0) is 11.2. The van der Waals surface area contributed by atoms with Gasteiger partial charge in [-0.15, -0.1) is 0 Å². The highest BCUT2D eigenvalue weighted by Gasteiger charge is 2.25. The Kier molecular flexibility index (Phi) is 5.44. The van der Waals surface area contributed by atoms with Crippen molar-refractivity contribution in [2.75, 3.05) is 13.1 Å². The summed E-state index contributed by atoms with van der Waals surface area (Å²) in [5.41, 5.74) is 5.45. The molecule has 0 saturated carbocycles. The smallest absolute Gasteiger partial charge is 0.326 e. The first-order valence-electron chi connectivity index (χ1n) is 4.77. The van der Waals surface area contributed by atoms with Crippen molar-refractivity contribution >= 4 is 0 Å². The molecule has 0 amide bonds. The lowest BCUT2D eigenvalue weighted by atomic mass is 10.0. The molecule has 0 aromatic carbocycles. The van der Waals surface area contributed by atoms with Crippen LogP contribution in [-0.2, 0) is 0 Å². The van der Waals surface area contributed by atoms with Gasteiger partial charge >= 0.3 is 6.18 Å². The number of rotatable bonds is 6. The van der Waals surface area contributed by atoms with Gasteiger partial charge in [0, 0.05) is 12.0 Å². The van der Waals surface area contributed by atoms with Crippen molar-refractivity contribution < 1.29 is 13.2 Å². The van der Waals surface area contributed by atoms with Crippen LogP contribution >= 0.6 is 0 Å². The van der Waals surface area contributed by atoms with Crippen LogP contribution in [0.2, 0.25) is 0 Å².